The number of alkyl halides is 3. The fraction of sp³-hybridized carbons (Fsp3) is 0.667. The Morgan fingerprint density at radius 3 is 2.35 bits per heavy atom. The molecule has 2 atom stereocenters. The Morgan fingerprint density at radius 2 is 1.78 bits per heavy atom. The number of carboxylic acid groups (broad SMARTS) is 1. The van der Waals surface area contributed by atoms with E-state index in [9.17, 15) is 28.3 Å². The first-order valence-corrected chi connectivity index (χ1v) is 13.1. The van der Waals surface area contributed by atoms with Gasteiger partial charge in [-0.1, -0.05) is 6.07 Å². The van der Waals surface area contributed by atoms with Crippen molar-refractivity contribution in [2.45, 2.75) is 63.7 Å². The summed E-state index contributed by atoms with van der Waals surface area (Å²) in [6.45, 7) is 6.37. The maximum atomic E-state index is 13.2. The zero-order valence-corrected chi connectivity index (χ0v) is 21.3. The number of nitrogens with one attached hydrogen (secondary N) is 1. The quantitative estimate of drug-likeness (QED) is 0.343. The Kier molecular flexibility index (Phi) is 6.42. The number of halogens is 3. The van der Waals surface area contributed by atoms with Crippen molar-refractivity contribution < 1.29 is 23.1 Å². The highest BCUT2D eigenvalue weighted by molar-refractivity contribution is 5.92. The second-order valence-corrected chi connectivity index (χ2v) is 11.9. The topological polar surface area (TPSA) is 92.0 Å². The number of aliphatic carboxylic acids is 1. The number of anilines is 1. The van der Waals surface area contributed by atoms with Crippen LogP contribution in [-0.4, -0.2) is 59.6 Å². The van der Waals surface area contributed by atoms with E-state index in [0.717, 1.165) is 25.3 Å². The molecule has 0 radical (unpaired) electrons. The molecule has 200 valence electrons. The molecule has 0 spiro atoms. The minimum absolute atomic E-state index is 0.0989. The summed E-state index contributed by atoms with van der Waals surface area (Å²) in [6, 6.07) is 5.52. The van der Waals surface area contributed by atoms with Crippen LogP contribution in [0.5, 0.6) is 0 Å². The molecule has 5 aliphatic rings. The molecular weight excluding hydrogens is 483 g/mol. The molecule has 1 aliphatic heterocycles. The van der Waals surface area contributed by atoms with Gasteiger partial charge in [-0.3, -0.25) is 9.69 Å². The predicted octanol–water partition coefficient (Wildman–Crippen LogP) is 4.35. The molecule has 4 bridgehead atoms. The van der Waals surface area contributed by atoms with Crippen molar-refractivity contribution in [2.24, 2.45) is 28.2 Å². The summed E-state index contributed by atoms with van der Waals surface area (Å²) in [5.41, 5.74) is -1.29. The van der Waals surface area contributed by atoms with Gasteiger partial charge >= 0.3 is 12.1 Å². The van der Waals surface area contributed by atoms with Crippen molar-refractivity contribution in [3.63, 3.8) is 0 Å². The molecule has 1 aromatic rings. The number of nitriles is 1. The number of hydrogen-bond acceptors (Lipinski definition) is 5. The van der Waals surface area contributed by atoms with E-state index in [1.54, 1.807) is 6.07 Å². The van der Waals surface area contributed by atoms with Gasteiger partial charge in [-0.25, -0.2) is 0 Å². The number of carbonyl (C=O) groups is 1. The van der Waals surface area contributed by atoms with E-state index in [2.05, 4.69) is 15.2 Å². The molecule has 2 N–H and O–H groups in total. The predicted molar refractivity (Wildman–Crippen MR) is 133 cm³/mol. The molecule has 1 heterocycles. The van der Waals surface area contributed by atoms with Gasteiger partial charge in [0.2, 0.25) is 6.19 Å². The highest BCUT2D eigenvalue weighted by atomic mass is 19.4. The van der Waals surface area contributed by atoms with Gasteiger partial charge in [0.1, 0.15) is 5.84 Å². The van der Waals surface area contributed by atoms with E-state index in [0.29, 0.717) is 56.5 Å². The van der Waals surface area contributed by atoms with Crippen molar-refractivity contribution in [1.82, 2.24) is 10.2 Å². The molecule has 4 saturated carbocycles. The van der Waals surface area contributed by atoms with E-state index in [4.69, 9.17) is 0 Å². The van der Waals surface area contributed by atoms with Crippen molar-refractivity contribution >= 4 is 17.5 Å². The number of aliphatic imine (C=N–C) groups is 1. The zero-order chi connectivity index (χ0) is 26.6. The van der Waals surface area contributed by atoms with Crippen LogP contribution in [-0.2, 0) is 11.0 Å². The van der Waals surface area contributed by atoms with Crippen LogP contribution >= 0.6 is 0 Å². The molecule has 5 fully saturated rings. The Morgan fingerprint density at radius 1 is 1.14 bits per heavy atom. The first kappa shape index (κ1) is 25.8. The highest BCUT2D eigenvalue weighted by Gasteiger charge is 2.59. The van der Waals surface area contributed by atoms with Gasteiger partial charge in [-0.15, -0.1) is 0 Å². The van der Waals surface area contributed by atoms with E-state index < -0.39 is 28.7 Å². The minimum atomic E-state index is -4.38. The SMILES string of the molecule is CC(C)(/C(=N\C#N)NC1C2CC3CC1CC(C(=O)O)(C3)C2)N1CCN(c2cccc(C(F)(F)F)c2)CC1. The lowest BCUT2D eigenvalue weighted by Gasteiger charge is -2.59. The maximum Gasteiger partial charge on any atom is 0.416 e. The van der Waals surface area contributed by atoms with Crippen LogP contribution in [0.15, 0.2) is 29.3 Å². The number of amidine groups is 1. The summed E-state index contributed by atoms with van der Waals surface area (Å²) in [6.07, 6.45) is 1.72. The first-order chi connectivity index (χ1) is 17.4. The Balaban J connectivity index is 1.27. The monoisotopic (exact) mass is 517 g/mol. The van der Waals surface area contributed by atoms with Crippen molar-refractivity contribution in [2.75, 3.05) is 31.1 Å². The number of rotatable bonds is 5. The first-order valence-electron chi connectivity index (χ1n) is 13.1. The third-order valence-electron chi connectivity index (χ3n) is 9.38. The van der Waals surface area contributed by atoms with Gasteiger partial charge in [0.15, 0.2) is 0 Å². The fourth-order valence-electron chi connectivity index (χ4n) is 7.63. The molecule has 1 aromatic carbocycles. The number of carboxylic acids is 1. The van der Waals surface area contributed by atoms with Crippen LogP contribution in [0.3, 0.4) is 0 Å². The molecule has 7 nitrogen and oxygen atoms in total. The Hall–Kier alpha value is -2.80. The summed E-state index contributed by atoms with van der Waals surface area (Å²) in [4.78, 5) is 20.5. The summed E-state index contributed by atoms with van der Waals surface area (Å²) in [7, 11) is 0. The van der Waals surface area contributed by atoms with Crippen LogP contribution in [0.2, 0.25) is 0 Å². The Bertz CT molecular complexity index is 1100. The van der Waals surface area contributed by atoms with E-state index in [-0.39, 0.29) is 17.9 Å². The van der Waals surface area contributed by atoms with Gasteiger partial charge < -0.3 is 15.3 Å². The number of benzene rings is 1. The van der Waals surface area contributed by atoms with Crippen molar-refractivity contribution in [3.8, 4) is 6.19 Å². The van der Waals surface area contributed by atoms with Crippen molar-refractivity contribution in [1.29, 1.82) is 5.26 Å². The van der Waals surface area contributed by atoms with Gasteiger partial charge in [0.05, 0.1) is 16.5 Å². The largest absolute Gasteiger partial charge is 0.481 e. The molecule has 2 unspecified atom stereocenters. The molecule has 0 amide bonds. The number of piperazine rings is 1. The number of nitrogens with zero attached hydrogens (tertiary/aromatic N) is 4. The summed E-state index contributed by atoms with van der Waals surface area (Å²) in [5.74, 6) is 0.874. The lowest BCUT2D eigenvalue weighted by molar-refractivity contribution is -0.166. The van der Waals surface area contributed by atoms with Gasteiger partial charge in [-0.2, -0.15) is 23.4 Å². The maximum absolute atomic E-state index is 13.2. The van der Waals surface area contributed by atoms with E-state index >= 15 is 0 Å². The summed E-state index contributed by atoms with van der Waals surface area (Å²) >= 11 is 0. The molecule has 0 aromatic heterocycles. The number of hydrogen-bond donors (Lipinski definition) is 2. The third-order valence-corrected chi connectivity index (χ3v) is 9.38. The van der Waals surface area contributed by atoms with Gasteiger partial charge in [-0.05, 0) is 81.9 Å². The molecular formula is C27H34F3N5O2. The van der Waals surface area contributed by atoms with E-state index in [1.165, 1.54) is 12.1 Å². The molecule has 4 aliphatic carbocycles. The summed E-state index contributed by atoms with van der Waals surface area (Å²) < 4.78 is 39.5. The average molecular weight is 518 g/mol. The van der Waals surface area contributed by atoms with Crippen LogP contribution in [0, 0.1) is 34.6 Å². The third kappa shape index (κ3) is 4.67. The van der Waals surface area contributed by atoms with Gasteiger partial charge in [0, 0.05) is 37.9 Å². The van der Waals surface area contributed by atoms with Crippen molar-refractivity contribution in [3.05, 3.63) is 29.8 Å². The molecule has 37 heavy (non-hydrogen) atoms. The fourth-order valence-corrected chi connectivity index (χ4v) is 7.63. The smallest absolute Gasteiger partial charge is 0.416 e. The van der Waals surface area contributed by atoms with E-state index in [1.807, 2.05) is 24.9 Å². The van der Waals surface area contributed by atoms with Crippen LogP contribution in [0.1, 0.15) is 51.5 Å². The normalized spacial score (nSPS) is 32.3. The molecule has 10 heteroatoms. The summed E-state index contributed by atoms with van der Waals surface area (Å²) in [5, 5.41) is 23.1. The van der Waals surface area contributed by atoms with Crippen LogP contribution in [0.25, 0.3) is 0 Å². The molecule has 6 rings (SSSR count). The lowest BCUT2D eigenvalue weighted by Crippen LogP contribution is -2.66. The van der Waals surface area contributed by atoms with Crippen LogP contribution in [0.4, 0.5) is 18.9 Å². The highest BCUT2D eigenvalue weighted by Crippen LogP contribution is 2.60. The second-order valence-electron chi connectivity index (χ2n) is 11.9. The standard InChI is InChI=1S/C27H34F3N5O2/c1-25(2,35-8-6-34(7-9-35)21-5-3-4-20(12-21)27(28,29)30)23(32-16-31)33-22-18-10-17-11-19(22)15-26(13-17,14-18)24(36)37/h3-5,12,17-19,22H,6-11,13-15H2,1-2H3,(H,32,33)(H,36,37). The second kappa shape index (κ2) is 9.19. The average Bonchev–Trinajstić information content (AvgIpc) is 2.84. The minimum Gasteiger partial charge on any atom is -0.481 e. The van der Waals surface area contributed by atoms with Gasteiger partial charge in [0.25, 0.3) is 0 Å². The zero-order valence-electron chi connectivity index (χ0n) is 21.3. The van der Waals surface area contributed by atoms with Crippen LogP contribution < -0.4 is 10.2 Å². The Labute approximate surface area is 215 Å². The lowest BCUT2D eigenvalue weighted by atomic mass is 9.48. The molecule has 1 saturated heterocycles.